The number of anilines is 1. The molecule has 23 heavy (non-hydrogen) atoms. The lowest BCUT2D eigenvalue weighted by Gasteiger charge is -2.27. The van der Waals surface area contributed by atoms with Gasteiger partial charge in [-0.1, -0.05) is 38.3 Å². The first kappa shape index (κ1) is 17.5. The van der Waals surface area contributed by atoms with Crippen LogP contribution in [0.15, 0.2) is 24.3 Å². The Labute approximate surface area is 137 Å². The molecule has 1 aliphatic rings. The van der Waals surface area contributed by atoms with Crippen LogP contribution < -0.4 is 10.6 Å². The van der Waals surface area contributed by atoms with Gasteiger partial charge in [-0.25, -0.2) is 0 Å². The standard InChI is InChI=1S/C18H26N2O3/c1-2-3-6-13-9-11-14(12-10-13)19-17(22)18(23)20-15-7-4-5-8-16(15)21/h9-12,15-16,21H,2-8H2,1H3,(H,19,22)(H,20,23). The van der Waals surface area contributed by atoms with Crippen molar-refractivity contribution in [2.45, 2.75) is 64.0 Å². The average Bonchev–Trinajstić information content (AvgIpc) is 2.56. The van der Waals surface area contributed by atoms with E-state index in [9.17, 15) is 14.7 Å². The summed E-state index contributed by atoms with van der Waals surface area (Å²) in [4.78, 5) is 23.9. The molecule has 5 heteroatoms. The second-order valence-electron chi connectivity index (χ2n) is 6.19. The Morgan fingerprint density at radius 1 is 1.13 bits per heavy atom. The largest absolute Gasteiger partial charge is 0.391 e. The highest BCUT2D eigenvalue weighted by molar-refractivity contribution is 6.39. The Morgan fingerprint density at radius 2 is 1.83 bits per heavy atom. The van der Waals surface area contributed by atoms with Gasteiger partial charge in [-0.3, -0.25) is 9.59 Å². The summed E-state index contributed by atoms with van der Waals surface area (Å²) in [6, 6.07) is 7.23. The summed E-state index contributed by atoms with van der Waals surface area (Å²) in [7, 11) is 0. The molecule has 0 bridgehead atoms. The molecule has 2 unspecified atom stereocenters. The van der Waals surface area contributed by atoms with E-state index in [1.54, 1.807) is 0 Å². The molecule has 0 aliphatic heterocycles. The number of carbonyl (C=O) groups is 2. The molecule has 2 atom stereocenters. The van der Waals surface area contributed by atoms with Crippen LogP contribution >= 0.6 is 0 Å². The molecule has 0 aromatic heterocycles. The monoisotopic (exact) mass is 318 g/mol. The van der Waals surface area contributed by atoms with Crippen LogP contribution in [0.25, 0.3) is 0 Å². The number of rotatable bonds is 5. The van der Waals surface area contributed by atoms with Crippen molar-refractivity contribution in [1.29, 1.82) is 0 Å². The van der Waals surface area contributed by atoms with E-state index in [0.29, 0.717) is 18.5 Å². The van der Waals surface area contributed by atoms with E-state index in [1.165, 1.54) is 5.56 Å². The zero-order valence-corrected chi connectivity index (χ0v) is 13.7. The SMILES string of the molecule is CCCCc1ccc(NC(=O)C(=O)NC2CCCCC2O)cc1. The maximum Gasteiger partial charge on any atom is 0.313 e. The van der Waals surface area contributed by atoms with Crippen LogP contribution in [-0.4, -0.2) is 29.1 Å². The number of carbonyl (C=O) groups excluding carboxylic acids is 2. The molecule has 1 aromatic carbocycles. The third kappa shape index (κ3) is 5.36. The average molecular weight is 318 g/mol. The summed E-state index contributed by atoms with van der Waals surface area (Å²) in [6.45, 7) is 2.15. The number of hydrogen-bond acceptors (Lipinski definition) is 3. The predicted octanol–water partition coefficient (Wildman–Crippen LogP) is 2.39. The van der Waals surface area contributed by atoms with Crippen molar-refractivity contribution in [2.75, 3.05) is 5.32 Å². The first-order valence-corrected chi connectivity index (χ1v) is 8.49. The first-order valence-electron chi connectivity index (χ1n) is 8.49. The van der Waals surface area contributed by atoms with Gasteiger partial charge in [-0.05, 0) is 43.4 Å². The number of aliphatic hydroxyl groups is 1. The number of aryl methyl sites for hydroxylation is 1. The number of aliphatic hydroxyl groups excluding tert-OH is 1. The van der Waals surface area contributed by atoms with Gasteiger partial charge >= 0.3 is 11.8 Å². The van der Waals surface area contributed by atoms with Gasteiger partial charge in [-0.15, -0.1) is 0 Å². The molecule has 2 amide bonds. The Kier molecular flexibility index (Phi) is 6.59. The van der Waals surface area contributed by atoms with Gasteiger partial charge in [-0.2, -0.15) is 0 Å². The third-order valence-corrected chi connectivity index (χ3v) is 4.28. The van der Waals surface area contributed by atoms with Crippen LogP contribution in [0.4, 0.5) is 5.69 Å². The van der Waals surface area contributed by atoms with Crippen LogP contribution in [0, 0.1) is 0 Å². The van der Waals surface area contributed by atoms with E-state index in [0.717, 1.165) is 32.1 Å². The van der Waals surface area contributed by atoms with Gasteiger partial charge in [0.05, 0.1) is 12.1 Å². The quantitative estimate of drug-likeness (QED) is 0.729. The zero-order valence-electron chi connectivity index (χ0n) is 13.7. The maximum absolute atomic E-state index is 11.9. The van der Waals surface area contributed by atoms with Gasteiger partial charge < -0.3 is 15.7 Å². The Morgan fingerprint density at radius 3 is 2.48 bits per heavy atom. The molecular weight excluding hydrogens is 292 g/mol. The third-order valence-electron chi connectivity index (χ3n) is 4.28. The molecule has 126 valence electrons. The van der Waals surface area contributed by atoms with E-state index in [4.69, 9.17) is 0 Å². The van der Waals surface area contributed by atoms with Crippen molar-refractivity contribution in [3.63, 3.8) is 0 Å². The fourth-order valence-corrected chi connectivity index (χ4v) is 2.84. The molecule has 5 nitrogen and oxygen atoms in total. The van der Waals surface area contributed by atoms with Gasteiger partial charge in [0.25, 0.3) is 0 Å². The Hall–Kier alpha value is -1.88. The summed E-state index contributed by atoms with van der Waals surface area (Å²) < 4.78 is 0. The Bertz CT molecular complexity index is 528. The van der Waals surface area contributed by atoms with Crippen molar-refractivity contribution in [3.8, 4) is 0 Å². The fourth-order valence-electron chi connectivity index (χ4n) is 2.84. The van der Waals surface area contributed by atoms with Crippen molar-refractivity contribution in [1.82, 2.24) is 5.32 Å². The maximum atomic E-state index is 11.9. The predicted molar refractivity (Wildman–Crippen MR) is 90.1 cm³/mol. The summed E-state index contributed by atoms with van der Waals surface area (Å²) in [5.74, 6) is -1.38. The first-order chi connectivity index (χ1) is 11.1. The number of nitrogens with one attached hydrogen (secondary N) is 2. The lowest BCUT2D eigenvalue weighted by Crippen LogP contribution is -2.48. The van der Waals surface area contributed by atoms with E-state index >= 15 is 0 Å². The van der Waals surface area contributed by atoms with E-state index in [-0.39, 0.29) is 6.04 Å². The van der Waals surface area contributed by atoms with Crippen LogP contribution in [-0.2, 0) is 16.0 Å². The lowest BCUT2D eigenvalue weighted by atomic mass is 9.92. The minimum Gasteiger partial charge on any atom is -0.391 e. The number of amides is 2. The lowest BCUT2D eigenvalue weighted by molar-refractivity contribution is -0.137. The molecule has 1 fully saturated rings. The van der Waals surface area contributed by atoms with Crippen LogP contribution in [0.3, 0.4) is 0 Å². The highest BCUT2D eigenvalue weighted by Crippen LogP contribution is 2.18. The minimum atomic E-state index is -0.691. The van der Waals surface area contributed by atoms with Crippen LogP contribution in [0.2, 0.25) is 0 Å². The zero-order chi connectivity index (χ0) is 16.7. The molecular formula is C18H26N2O3. The molecule has 0 saturated heterocycles. The van der Waals surface area contributed by atoms with Crippen LogP contribution in [0.1, 0.15) is 51.0 Å². The second-order valence-corrected chi connectivity index (χ2v) is 6.19. The molecule has 0 radical (unpaired) electrons. The topological polar surface area (TPSA) is 78.4 Å². The molecule has 1 saturated carbocycles. The summed E-state index contributed by atoms with van der Waals surface area (Å²) >= 11 is 0. The van der Waals surface area contributed by atoms with E-state index in [1.807, 2.05) is 24.3 Å². The fraction of sp³-hybridized carbons (Fsp3) is 0.556. The van der Waals surface area contributed by atoms with Gasteiger partial charge in [0.15, 0.2) is 0 Å². The molecule has 3 N–H and O–H groups in total. The van der Waals surface area contributed by atoms with Crippen molar-refractivity contribution in [2.24, 2.45) is 0 Å². The molecule has 1 aromatic rings. The van der Waals surface area contributed by atoms with Crippen molar-refractivity contribution < 1.29 is 14.7 Å². The molecule has 2 rings (SSSR count). The number of unbranched alkanes of at least 4 members (excludes halogenated alkanes) is 1. The summed E-state index contributed by atoms with van der Waals surface area (Å²) in [6.07, 6.45) is 6.05. The molecule has 0 heterocycles. The van der Waals surface area contributed by atoms with Crippen molar-refractivity contribution in [3.05, 3.63) is 29.8 Å². The second kappa shape index (κ2) is 8.67. The Balaban J connectivity index is 1.84. The normalized spacial score (nSPS) is 20.8. The smallest absolute Gasteiger partial charge is 0.313 e. The summed E-state index contributed by atoms with van der Waals surface area (Å²) in [5, 5.41) is 15.1. The van der Waals surface area contributed by atoms with Gasteiger partial charge in [0, 0.05) is 5.69 Å². The highest BCUT2D eigenvalue weighted by atomic mass is 16.3. The van der Waals surface area contributed by atoms with E-state index < -0.39 is 17.9 Å². The molecule has 1 aliphatic carbocycles. The summed E-state index contributed by atoms with van der Waals surface area (Å²) in [5.41, 5.74) is 1.83. The number of hydrogen-bond donors (Lipinski definition) is 3. The van der Waals surface area contributed by atoms with Gasteiger partial charge in [0.2, 0.25) is 0 Å². The van der Waals surface area contributed by atoms with Gasteiger partial charge in [0.1, 0.15) is 0 Å². The molecule has 0 spiro atoms. The van der Waals surface area contributed by atoms with Crippen molar-refractivity contribution >= 4 is 17.5 Å². The number of benzene rings is 1. The van der Waals surface area contributed by atoms with Crippen LogP contribution in [0.5, 0.6) is 0 Å². The van der Waals surface area contributed by atoms with E-state index in [2.05, 4.69) is 17.6 Å². The highest BCUT2D eigenvalue weighted by Gasteiger charge is 2.26. The minimum absolute atomic E-state index is 0.321.